The van der Waals surface area contributed by atoms with Crippen LogP contribution in [0, 0.1) is 0 Å². The van der Waals surface area contributed by atoms with Crippen molar-refractivity contribution in [2.75, 3.05) is 39.3 Å². The molecule has 0 saturated carbocycles. The van der Waals surface area contributed by atoms with Crippen LogP contribution in [0.1, 0.15) is 25.6 Å². The minimum atomic E-state index is -0.240. The molecule has 1 atom stereocenters. The monoisotopic (exact) mass is 538 g/mol. The van der Waals surface area contributed by atoms with Crippen molar-refractivity contribution in [1.29, 1.82) is 0 Å². The Balaban J connectivity index is 0.00000272. The van der Waals surface area contributed by atoms with Gasteiger partial charge in [0.05, 0.1) is 11.9 Å². The number of hydrogen-bond acceptors (Lipinski definition) is 4. The predicted molar refractivity (Wildman–Crippen MR) is 131 cm³/mol. The molecule has 1 aromatic carbocycles. The van der Waals surface area contributed by atoms with Crippen LogP contribution < -0.4 is 5.32 Å². The molecule has 1 amide bonds. The van der Waals surface area contributed by atoms with Gasteiger partial charge >= 0.3 is 0 Å². The van der Waals surface area contributed by atoms with E-state index in [-0.39, 0.29) is 36.0 Å². The van der Waals surface area contributed by atoms with E-state index in [4.69, 9.17) is 9.73 Å². The fourth-order valence-corrected chi connectivity index (χ4v) is 3.90. The Kier molecular flexibility index (Phi) is 8.70. The zero-order valence-corrected chi connectivity index (χ0v) is 20.2. The summed E-state index contributed by atoms with van der Waals surface area (Å²) in [7, 11) is 0. The maximum absolute atomic E-state index is 12.6. The Morgan fingerprint density at radius 2 is 1.97 bits per heavy atom. The molecule has 2 aliphatic heterocycles. The SMILES string of the molecule is CCNC(=NCc1ncc(-c2ccccc2)[nH]1)N1CCN(C(=O)C2CCCO2)CC1.I. The molecule has 1 unspecified atom stereocenters. The second-order valence-electron chi connectivity index (χ2n) is 7.59. The second-order valence-corrected chi connectivity index (χ2v) is 7.59. The van der Waals surface area contributed by atoms with E-state index in [1.54, 1.807) is 0 Å². The average molecular weight is 538 g/mol. The van der Waals surface area contributed by atoms with Crippen LogP contribution in [0.25, 0.3) is 11.3 Å². The first kappa shape index (κ1) is 23.5. The van der Waals surface area contributed by atoms with Crippen molar-refractivity contribution in [3.63, 3.8) is 0 Å². The number of nitrogens with one attached hydrogen (secondary N) is 2. The number of rotatable bonds is 5. The minimum Gasteiger partial charge on any atom is -0.368 e. The van der Waals surface area contributed by atoms with E-state index in [0.29, 0.717) is 26.2 Å². The van der Waals surface area contributed by atoms with Gasteiger partial charge in [-0.3, -0.25) is 4.79 Å². The molecule has 8 nitrogen and oxygen atoms in total. The highest BCUT2D eigenvalue weighted by atomic mass is 127. The summed E-state index contributed by atoms with van der Waals surface area (Å²) < 4.78 is 5.55. The van der Waals surface area contributed by atoms with Crippen molar-refractivity contribution in [2.45, 2.75) is 32.4 Å². The molecule has 2 saturated heterocycles. The van der Waals surface area contributed by atoms with Gasteiger partial charge in [0.15, 0.2) is 5.96 Å². The van der Waals surface area contributed by atoms with Gasteiger partial charge in [-0.25, -0.2) is 9.98 Å². The van der Waals surface area contributed by atoms with Crippen LogP contribution in [0.15, 0.2) is 41.5 Å². The quantitative estimate of drug-likeness (QED) is 0.347. The van der Waals surface area contributed by atoms with Crippen LogP contribution in [-0.2, 0) is 16.1 Å². The first-order chi connectivity index (χ1) is 14.7. The molecule has 0 spiro atoms. The normalized spacial score (nSPS) is 19.3. The van der Waals surface area contributed by atoms with Crippen molar-refractivity contribution >= 4 is 35.8 Å². The Bertz CT molecular complexity index is 858. The number of nitrogens with zero attached hydrogens (tertiary/aromatic N) is 4. The number of hydrogen-bond donors (Lipinski definition) is 2. The summed E-state index contributed by atoms with van der Waals surface area (Å²) in [5, 5.41) is 3.37. The Morgan fingerprint density at radius 3 is 2.65 bits per heavy atom. The minimum absolute atomic E-state index is 0. The number of aliphatic imine (C=N–C) groups is 1. The van der Waals surface area contributed by atoms with Gasteiger partial charge < -0.3 is 24.8 Å². The highest BCUT2D eigenvalue weighted by Gasteiger charge is 2.30. The molecule has 0 bridgehead atoms. The third-order valence-corrected chi connectivity index (χ3v) is 5.52. The molecular formula is C22H31IN6O2. The van der Waals surface area contributed by atoms with Gasteiger partial charge in [-0.1, -0.05) is 30.3 Å². The molecule has 0 aliphatic carbocycles. The number of aromatic nitrogens is 2. The van der Waals surface area contributed by atoms with Gasteiger partial charge in [-0.15, -0.1) is 24.0 Å². The third kappa shape index (κ3) is 5.97. The summed E-state index contributed by atoms with van der Waals surface area (Å²) in [6, 6.07) is 10.1. The molecule has 9 heteroatoms. The number of imidazole rings is 1. The van der Waals surface area contributed by atoms with Crippen LogP contribution in [0.2, 0.25) is 0 Å². The maximum Gasteiger partial charge on any atom is 0.251 e. The van der Waals surface area contributed by atoms with Crippen LogP contribution in [-0.4, -0.2) is 77.1 Å². The number of benzene rings is 1. The molecule has 2 aromatic rings. The highest BCUT2D eigenvalue weighted by Crippen LogP contribution is 2.17. The van der Waals surface area contributed by atoms with E-state index in [2.05, 4.69) is 39.2 Å². The first-order valence-electron chi connectivity index (χ1n) is 10.8. The third-order valence-electron chi connectivity index (χ3n) is 5.52. The largest absolute Gasteiger partial charge is 0.368 e. The molecule has 0 radical (unpaired) electrons. The number of halogens is 1. The summed E-state index contributed by atoms with van der Waals surface area (Å²) in [6.45, 7) is 6.95. The fraction of sp³-hybridized carbons (Fsp3) is 0.500. The summed E-state index contributed by atoms with van der Waals surface area (Å²) in [5.74, 6) is 1.83. The number of H-pyrrole nitrogens is 1. The van der Waals surface area contributed by atoms with Crippen molar-refractivity contribution in [1.82, 2.24) is 25.1 Å². The van der Waals surface area contributed by atoms with E-state index in [1.807, 2.05) is 29.3 Å². The fourth-order valence-electron chi connectivity index (χ4n) is 3.90. The lowest BCUT2D eigenvalue weighted by Crippen LogP contribution is -2.55. The molecule has 3 heterocycles. The highest BCUT2D eigenvalue weighted by molar-refractivity contribution is 14.0. The number of guanidine groups is 1. The molecule has 2 fully saturated rings. The van der Waals surface area contributed by atoms with Crippen LogP contribution in [0.5, 0.6) is 0 Å². The molecule has 31 heavy (non-hydrogen) atoms. The van der Waals surface area contributed by atoms with Crippen LogP contribution >= 0.6 is 24.0 Å². The van der Waals surface area contributed by atoms with Crippen LogP contribution in [0.4, 0.5) is 0 Å². The topological polar surface area (TPSA) is 85.9 Å². The molecule has 2 aliphatic rings. The van der Waals surface area contributed by atoms with Gasteiger partial charge in [-0.2, -0.15) is 0 Å². The predicted octanol–water partition coefficient (Wildman–Crippen LogP) is 2.48. The van der Waals surface area contributed by atoms with E-state index < -0.39 is 0 Å². The lowest BCUT2D eigenvalue weighted by molar-refractivity contribution is -0.142. The maximum atomic E-state index is 12.6. The van der Waals surface area contributed by atoms with E-state index in [9.17, 15) is 4.79 Å². The summed E-state index contributed by atoms with van der Waals surface area (Å²) in [5.41, 5.74) is 2.10. The summed E-state index contributed by atoms with van der Waals surface area (Å²) >= 11 is 0. The van der Waals surface area contributed by atoms with Gasteiger partial charge in [0, 0.05) is 39.3 Å². The number of piperazine rings is 1. The number of amides is 1. The second kappa shape index (κ2) is 11.5. The van der Waals surface area contributed by atoms with Gasteiger partial charge in [-0.05, 0) is 25.3 Å². The molecule has 4 rings (SSSR count). The van der Waals surface area contributed by atoms with Crippen molar-refractivity contribution in [3.05, 3.63) is 42.4 Å². The van der Waals surface area contributed by atoms with Gasteiger partial charge in [0.1, 0.15) is 18.5 Å². The standard InChI is InChI=1S/C22H30N6O2.HI/c1-2-23-22(25-16-20-24-15-18(26-20)17-7-4-3-5-8-17)28-12-10-27(11-13-28)21(29)19-9-6-14-30-19;/h3-5,7-8,15,19H,2,6,9-14,16H2,1H3,(H,23,25)(H,24,26);1H. The first-order valence-corrected chi connectivity index (χ1v) is 10.8. The van der Waals surface area contributed by atoms with Crippen LogP contribution in [0.3, 0.4) is 0 Å². The van der Waals surface area contributed by atoms with E-state index >= 15 is 0 Å². The number of carbonyl (C=O) groups excluding carboxylic acids is 1. The average Bonchev–Trinajstić information content (AvgIpc) is 3.49. The number of aromatic amines is 1. The molecule has 1 aromatic heterocycles. The Hall–Kier alpha value is -2.14. The van der Waals surface area contributed by atoms with Gasteiger partial charge in [0.2, 0.25) is 0 Å². The van der Waals surface area contributed by atoms with Crippen molar-refractivity contribution < 1.29 is 9.53 Å². The van der Waals surface area contributed by atoms with E-state index in [1.165, 1.54) is 0 Å². The molecule has 2 N–H and O–H groups in total. The summed E-state index contributed by atoms with van der Waals surface area (Å²) in [4.78, 5) is 29.3. The number of carbonyl (C=O) groups is 1. The van der Waals surface area contributed by atoms with Crippen molar-refractivity contribution in [3.8, 4) is 11.3 Å². The molecule has 168 valence electrons. The summed E-state index contributed by atoms with van der Waals surface area (Å²) in [6.07, 6.45) is 3.43. The van der Waals surface area contributed by atoms with Gasteiger partial charge in [0.25, 0.3) is 5.91 Å². The Morgan fingerprint density at radius 1 is 1.23 bits per heavy atom. The van der Waals surface area contributed by atoms with Crippen molar-refractivity contribution in [2.24, 2.45) is 4.99 Å². The lowest BCUT2D eigenvalue weighted by Gasteiger charge is -2.37. The molecular weight excluding hydrogens is 507 g/mol. The zero-order valence-electron chi connectivity index (χ0n) is 17.9. The van der Waals surface area contributed by atoms with E-state index in [0.717, 1.165) is 55.5 Å². The smallest absolute Gasteiger partial charge is 0.251 e. The Labute approximate surface area is 200 Å². The zero-order chi connectivity index (χ0) is 20.8. The number of ether oxygens (including phenoxy) is 1. The lowest BCUT2D eigenvalue weighted by atomic mass is 10.2.